The van der Waals surface area contributed by atoms with Gasteiger partial charge in [-0.25, -0.2) is 0 Å². The highest BCUT2D eigenvalue weighted by Crippen LogP contribution is 2.24. The maximum Gasteiger partial charge on any atom is 0.0595 e. The van der Waals surface area contributed by atoms with Gasteiger partial charge in [0.2, 0.25) is 0 Å². The quantitative estimate of drug-likeness (QED) is 0.839. The molecule has 1 unspecified atom stereocenters. The van der Waals surface area contributed by atoms with Gasteiger partial charge in [0.25, 0.3) is 0 Å². The molecule has 1 atom stereocenters. The van der Waals surface area contributed by atoms with Crippen molar-refractivity contribution < 1.29 is 0 Å². The zero-order chi connectivity index (χ0) is 12.1. The minimum atomic E-state index is 0.201. The molecule has 1 rings (SSSR count). The summed E-state index contributed by atoms with van der Waals surface area (Å²) in [6.07, 6.45) is 3.11. The number of hydrogen-bond donors (Lipinski definition) is 1. The molecule has 90 valence electrons. The molecule has 3 heteroatoms. The van der Waals surface area contributed by atoms with E-state index in [1.165, 1.54) is 0 Å². The van der Waals surface area contributed by atoms with Gasteiger partial charge in [0.1, 0.15) is 0 Å². The lowest BCUT2D eigenvalue weighted by Gasteiger charge is -2.21. The molecule has 0 aliphatic heterocycles. The molecule has 0 bridgehead atoms. The molecule has 1 nitrogen and oxygen atoms in total. The van der Waals surface area contributed by atoms with Crippen LogP contribution < -0.4 is 5.73 Å². The lowest BCUT2D eigenvalue weighted by molar-refractivity contribution is 0.393. The third-order valence-corrected chi connectivity index (χ3v) is 3.85. The van der Waals surface area contributed by atoms with Gasteiger partial charge in [-0.05, 0) is 30.0 Å². The molecule has 2 N–H and O–H groups in total. The van der Waals surface area contributed by atoms with Crippen molar-refractivity contribution in [2.24, 2.45) is 11.7 Å². The molecule has 0 aromatic heterocycles. The second-order valence-corrected chi connectivity index (χ2v) is 5.01. The number of nitrogens with two attached hydrogens (primary N) is 1. The summed E-state index contributed by atoms with van der Waals surface area (Å²) in [5.41, 5.74) is 7.34. The Labute approximate surface area is 108 Å². The van der Waals surface area contributed by atoms with E-state index in [9.17, 15) is 0 Å². The average molecular weight is 260 g/mol. The second-order valence-electron chi connectivity index (χ2n) is 4.19. The summed E-state index contributed by atoms with van der Waals surface area (Å²) in [7, 11) is 0. The third kappa shape index (κ3) is 3.65. The first-order chi connectivity index (χ1) is 7.58. The maximum atomic E-state index is 6.18. The molecular weight excluding hydrogens is 241 g/mol. The Morgan fingerprint density at radius 1 is 1.12 bits per heavy atom. The fraction of sp³-hybridized carbons (Fsp3) is 0.538. The Hall–Kier alpha value is -0.240. The minimum Gasteiger partial charge on any atom is -0.327 e. The molecule has 0 heterocycles. The van der Waals surface area contributed by atoms with Gasteiger partial charge >= 0.3 is 0 Å². The van der Waals surface area contributed by atoms with E-state index in [1.54, 1.807) is 0 Å². The van der Waals surface area contributed by atoms with Crippen LogP contribution in [0.4, 0.5) is 0 Å². The number of rotatable bonds is 5. The van der Waals surface area contributed by atoms with E-state index >= 15 is 0 Å². The van der Waals surface area contributed by atoms with Crippen LogP contribution in [0.5, 0.6) is 0 Å². The van der Waals surface area contributed by atoms with Crippen molar-refractivity contribution in [3.63, 3.8) is 0 Å². The largest absolute Gasteiger partial charge is 0.327 e. The Morgan fingerprint density at radius 2 is 1.75 bits per heavy atom. The molecule has 0 saturated heterocycles. The zero-order valence-electron chi connectivity index (χ0n) is 9.84. The minimum absolute atomic E-state index is 0.201. The molecule has 0 amide bonds. The van der Waals surface area contributed by atoms with Crippen molar-refractivity contribution >= 4 is 23.2 Å². The first-order valence-electron chi connectivity index (χ1n) is 5.78. The molecule has 1 aromatic carbocycles. The van der Waals surface area contributed by atoms with Gasteiger partial charge in [0, 0.05) is 6.04 Å². The van der Waals surface area contributed by atoms with Crippen molar-refractivity contribution in [3.05, 3.63) is 33.8 Å². The van der Waals surface area contributed by atoms with Crippen LogP contribution in [0.3, 0.4) is 0 Å². The smallest absolute Gasteiger partial charge is 0.0595 e. The average Bonchev–Trinajstić information content (AvgIpc) is 2.25. The number of hydrogen-bond acceptors (Lipinski definition) is 1. The maximum absolute atomic E-state index is 6.18. The normalized spacial score (nSPS) is 13.1. The molecule has 0 radical (unpaired) electrons. The van der Waals surface area contributed by atoms with Gasteiger partial charge in [0.05, 0.1) is 10.0 Å². The van der Waals surface area contributed by atoms with Crippen LogP contribution in [-0.4, -0.2) is 6.04 Å². The van der Waals surface area contributed by atoms with Crippen molar-refractivity contribution in [1.82, 2.24) is 0 Å². The lowest BCUT2D eigenvalue weighted by atomic mass is 9.90. The summed E-state index contributed by atoms with van der Waals surface area (Å²) >= 11 is 11.8. The van der Waals surface area contributed by atoms with E-state index in [1.807, 2.05) is 18.2 Å². The summed E-state index contributed by atoms with van der Waals surface area (Å²) in [5.74, 6) is 0.578. The molecule has 0 aliphatic rings. The first-order valence-corrected chi connectivity index (χ1v) is 6.53. The molecule has 0 spiro atoms. The van der Waals surface area contributed by atoms with Crippen LogP contribution in [0.25, 0.3) is 0 Å². The van der Waals surface area contributed by atoms with Gasteiger partial charge in [-0.1, -0.05) is 56.0 Å². The van der Waals surface area contributed by atoms with E-state index in [2.05, 4.69) is 13.8 Å². The summed E-state index contributed by atoms with van der Waals surface area (Å²) < 4.78 is 0. The van der Waals surface area contributed by atoms with E-state index in [-0.39, 0.29) is 6.04 Å². The van der Waals surface area contributed by atoms with E-state index in [0.717, 1.165) is 24.8 Å². The Kier molecular flexibility index (Phi) is 5.60. The van der Waals surface area contributed by atoms with E-state index < -0.39 is 0 Å². The summed E-state index contributed by atoms with van der Waals surface area (Å²) in [6, 6.07) is 5.94. The number of benzene rings is 1. The zero-order valence-corrected chi connectivity index (χ0v) is 11.4. The van der Waals surface area contributed by atoms with Crippen LogP contribution in [-0.2, 0) is 6.42 Å². The highest BCUT2D eigenvalue weighted by molar-refractivity contribution is 6.42. The van der Waals surface area contributed by atoms with Crippen LogP contribution in [0, 0.1) is 5.92 Å². The predicted octanol–water partition coefficient (Wildman–Crippen LogP) is 4.30. The second kappa shape index (κ2) is 6.48. The standard InChI is InChI=1S/C13H19Cl2N/c1-3-10(4-2)13(16)8-9-5-6-11(14)12(15)7-9/h5-7,10,13H,3-4,8,16H2,1-2H3. The van der Waals surface area contributed by atoms with Crippen LogP contribution in [0.1, 0.15) is 32.3 Å². The highest BCUT2D eigenvalue weighted by Gasteiger charge is 2.14. The van der Waals surface area contributed by atoms with Gasteiger partial charge in [-0.2, -0.15) is 0 Å². The van der Waals surface area contributed by atoms with Crippen LogP contribution >= 0.6 is 23.2 Å². The third-order valence-electron chi connectivity index (χ3n) is 3.11. The molecule has 1 aromatic rings. The fourth-order valence-corrected chi connectivity index (χ4v) is 2.32. The lowest BCUT2D eigenvalue weighted by Crippen LogP contribution is -2.31. The topological polar surface area (TPSA) is 26.0 Å². The van der Waals surface area contributed by atoms with Crippen LogP contribution in [0.15, 0.2) is 18.2 Å². The van der Waals surface area contributed by atoms with Crippen molar-refractivity contribution in [2.75, 3.05) is 0 Å². The Morgan fingerprint density at radius 3 is 2.25 bits per heavy atom. The Bertz CT molecular complexity index is 335. The summed E-state index contributed by atoms with van der Waals surface area (Å²) in [4.78, 5) is 0. The summed E-state index contributed by atoms with van der Waals surface area (Å²) in [6.45, 7) is 4.37. The number of halogens is 2. The fourth-order valence-electron chi connectivity index (χ4n) is 2.00. The molecule has 0 aliphatic carbocycles. The van der Waals surface area contributed by atoms with Gasteiger partial charge in [0.15, 0.2) is 0 Å². The highest BCUT2D eigenvalue weighted by atomic mass is 35.5. The SMILES string of the molecule is CCC(CC)C(N)Cc1ccc(Cl)c(Cl)c1. The first kappa shape index (κ1) is 13.8. The molecule has 16 heavy (non-hydrogen) atoms. The Balaban J connectivity index is 2.69. The van der Waals surface area contributed by atoms with Gasteiger partial charge < -0.3 is 5.73 Å². The van der Waals surface area contributed by atoms with Gasteiger partial charge in [-0.15, -0.1) is 0 Å². The van der Waals surface area contributed by atoms with Gasteiger partial charge in [-0.3, -0.25) is 0 Å². The molecule has 0 saturated carbocycles. The van der Waals surface area contributed by atoms with Crippen molar-refractivity contribution in [1.29, 1.82) is 0 Å². The van der Waals surface area contributed by atoms with E-state index in [0.29, 0.717) is 16.0 Å². The monoisotopic (exact) mass is 259 g/mol. The molecular formula is C13H19Cl2N. The summed E-state index contributed by atoms with van der Waals surface area (Å²) in [5, 5.41) is 1.21. The van der Waals surface area contributed by atoms with Crippen LogP contribution in [0.2, 0.25) is 10.0 Å². The predicted molar refractivity (Wildman–Crippen MR) is 72.2 cm³/mol. The molecule has 0 fully saturated rings. The van der Waals surface area contributed by atoms with Crippen molar-refractivity contribution in [2.45, 2.75) is 39.2 Å². The van der Waals surface area contributed by atoms with Crippen molar-refractivity contribution in [3.8, 4) is 0 Å². The van der Waals surface area contributed by atoms with E-state index in [4.69, 9.17) is 28.9 Å².